The van der Waals surface area contributed by atoms with Crippen LogP contribution in [0.2, 0.25) is 0 Å². The van der Waals surface area contributed by atoms with Crippen molar-refractivity contribution in [1.29, 1.82) is 0 Å². The Morgan fingerprint density at radius 2 is 2.05 bits per heavy atom. The molecule has 0 aromatic carbocycles. The van der Waals surface area contributed by atoms with Crippen molar-refractivity contribution < 1.29 is 4.79 Å². The van der Waals surface area contributed by atoms with E-state index in [1.165, 1.54) is 38.5 Å². The molecule has 5 atom stereocenters. The second-order valence-electron chi connectivity index (χ2n) is 7.40. The Hall–Kier alpha value is -0.570. The molecule has 4 aliphatic rings. The van der Waals surface area contributed by atoms with Crippen molar-refractivity contribution >= 4 is 5.91 Å². The maximum absolute atomic E-state index is 12.5. The third-order valence-electron chi connectivity index (χ3n) is 6.27. The number of piperidine rings is 1. The van der Waals surface area contributed by atoms with Crippen LogP contribution < -0.4 is 5.32 Å². The molecular weight excluding hydrogens is 236 g/mol. The first-order chi connectivity index (χ1) is 9.29. The molecule has 3 heteroatoms. The van der Waals surface area contributed by atoms with Crippen LogP contribution in [0.1, 0.15) is 44.9 Å². The highest BCUT2D eigenvalue weighted by Crippen LogP contribution is 2.49. The van der Waals surface area contributed by atoms with E-state index in [1.54, 1.807) is 0 Å². The first-order valence-corrected chi connectivity index (χ1v) is 8.31. The Morgan fingerprint density at radius 3 is 2.79 bits per heavy atom. The molecule has 4 rings (SSSR count). The van der Waals surface area contributed by atoms with Crippen molar-refractivity contribution in [3.8, 4) is 0 Å². The number of carbonyl (C=O) groups excluding carboxylic acids is 1. The normalized spacial score (nSPS) is 44.6. The van der Waals surface area contributed by atoms with Gasteiger partial charge in [-0.25, -0.2) is 0 Å². The number of nitrogens with zero attached hydrogens (tertiary/aromatic N) is 1. The van der Waals surface area contributed by atoms with Gasteiger partial charge in [-0.05, 0) is 62.3 Å². The summed E-state index contributed by atoms with van der Waals surface area (Å²) in [5.41, 5.74) is 0. The van der Waals surface area contributed by atoms with Crippen LogP contribution in [0.4, 0.5) is 0 Å². The first-order valence-electron chi connectivity index (χ1n) is 8.31. The highest BCUT2D eigenvalue weighted by Gasteiger charge is 2.42. The molecule has 2 saturated heterocycles. The maximum atomic E-state index is 12.5. The van der Waals surface area contributed by atoms with E-state index in [0.717, 1.165) is 49.7 Å². The maximum Gasteiger partial charge on any atom is 0.222 e. The highest BCUT2D eigenvalue weighted by molar-refractivity contribution is 5.77. The van der Waals surface area contributed by atoms with E-state index in [0.29, 0.717) is 11.9 Å². The lowest BCUT2D eigenvalue weighted by molar-refractivity contribution is -0.131. The fraction of sp³-hybridized carbons (Fsp3) is 0.938. The highest BCUT2D eigenvalue weighted by atomic mass is 16.2. The minimum absolute atomic E-state index is 0.453. The average Bonchev–Trinajstić information content (AvgIpc) is 3.12. The Balaban J connectivity index is 1.34. The third-order valence-corrected chi connectivity index (χ3v) is 6.27. The lowest BCUT2D eigenvalue weighted by atomic mass is 9.86. The molecule has 0 aromatic rings. The van der Waals surface area contributed by atoms with E-state index < -0.39 is 0 Å². The molecule has 2 saturated carbocycles. The molecule has 1 amide bonds. The summed E-state index contributed by atoms with van der Waals surface area (Å²) in [4.78, 5) is 14.7. The number of amides is 1. The van der Waals surface area contributed by atoms with Gasteiger partial charge in [-0.2, -0.15) is 0 Å². The third kappa shape index (κ3) is 2.20. The molecule has 0 radical (unpaired) electrons. The lowest BCUT2D eigenvalue weighted by Gasteiger charge is -2.24. The zero-order chi connectivity index (χ0) is 12.8. The smallest absolute Gasteiger partial charge is 0.222 e. The van der Waals surface area contributed by atoms with Gasteiger partial charge in [0.05, 0.1) is 0 Å². The lowest BCUT2D eigenvalue weighted by Crippen LogP contribution is -2.41. The summed E-state index contributed by atoms with van der Waals surface area (Å²) in [6.07, 6.45) is 9.05. The number of carbonyl (C=O) groups is 1. The van der Waals surface area contributed by atoms with Crippen molar-refractivity contribution in [3.63, 3.8) is 0 Å². The molecule has 3 nitrogen and oxygen atoms in total. The number of rotatable bonds is 2. The van der Waals surface area contributed by atoms with Crippen molar-refractivity contribution in [3.05, 3.63) is 0 Å². The summed E-state index contributed by atoms with van der Waals surface area (Å²) < 4.78 is 0. The Bertz CT molecular complexity index is 356. The Morgan fingerprint density at radius 1 is 1.11 bits per heavy atom. The summed E-state index contributed by atoms with van der Waals surface area (Å²) in [7, 11) is 0. The number of hydrogen-bond acceptors (Lipinski definition) is 2. The number of nitrogens with one attached hydrogen (secondary N) is 1. The molecule has 5 unspecified atom stereocenters. The molecule has 1 N–H and O–H groups in total. The van der Waals surface area contributed by atoms with Gasteiger partial charge in [0.1, 0.15) is 0 Å². The van der Waals surface area contributed by atoms with Crippen molar-refractivity contribution in [2.24, 2.45) is 23.7 Å². The zero-order valence-corrected chi connectivity index (χ0v) is 11.8. The average molecular weight is 262 g/mol. The van der Waals surface area contributed by atoms with Gasteiger partial charge in [0.2, 0.25) is 5.91 Å². The summed E-state index contributed by atoms with van der Waals surface area (Å²) in [5, 5.41) is 3.59. The topological polar surface area (TPSA) is 32.3 Å². The fourth-order valence-electron chi connectivity index (χ4n) is 5.23. The van der Waals surface area contributed by atoms with Gasteiger partial charge >= 0.3 is 0 Å². The summed E-state index contributed by atoms with van der Waals surface area (Å²) >= 11 is 0. The van der Waals surface area contributed by atoms with Gasteiger partial charge in [-0.1, -0.05) is 6.42 Å². The number of likely N-dealkylation sites (tertiary alicyclic amines) is 1. The van der Waals surface area contributed by atoms with Crippen LogP contribution in [0.25, 0.3) is 0 Å². The van der Waals surface area contributed by atoms with Gasteiger partial charge in [0.25, 0.3) is 0 Å². The second kappa shape index (κ2) is 4.76. The minimum atomic E-state index is 0.453. The van der Waals surface area contributed by atoms with Crippen LogP contribution in [0, 0.1) is 23.7 Å². The Kier molecular flexibility index (Phi) is 3.06. The van der Waals surface area contributed by atoms with Crippen LogP contribution in [0.15, 0.2) is 0 Å². The summed E-state index contributed by atoms with van der Waals surface area (Å²) in [5.74, 6) is 3.76. The molecule has 2 heterocycles. The molecule has 2 bridgehead atoms. The summed E-state index contributed by atoms with van der Waals surface area (Å²) in [6.45, 7) is 3.15. The van der Waals surface area contributed by atoms with Crippen molar-refractivity contribution in [1.82, 2.24) is 10.2 Å². The SMILES string of the molecule is O=C(CC1CC2CCC1C2)N1CC2CCCNC2C1. The largest absolute Gasteiger partial charge is 0.341 e. The van der Waals surface area contributed by atoms with Crippen molar-refractivity contribution in [2.45, 2.75) is 51.0 Å². The number of fused-ring (bicyclic) bond motifs is 3. The summed E-state index contributed by atoms with van der Waals surface area (Å²) in [6, 6.07) is 0.595. The molecule has 4 fully saturated rings. The molecule has 0 aromatic heterocycles. The molecule has 2 aliphatic heterocycles. The minimum Gasteiger partial charge on any atom is -0.341 e. The van der Waals surface area contributed by atoms with E-state index in [-0.39, 0.29) is 0 Å². The van der Waals surface area contributed by atoms with Gasteiger partial charge in [0, 0.05) is 25.6 Å². The quantitative estimate of drug-likeness (QED) is 0.826. The second-order valence-corrected chi connectivity index (χ2v) is 7.40. The number of hydrogen-bond donors (Lipinski definition) is 1. The zero-order valence-electron chi connectivity index (χ0n) is 11.8. The fourth-order valence-corrected chi connectivity index (χ4v) is 5.23. The van der Waals surface area contributed by atoms with Crippen LogP contribution >= 0.6 is 0 Å². The molecule has 2 aliphatic carbocycles. The van der Waals surface area contributed by atoms with E-state index in [9.17, 15) is 4.79 Å². The Labute approximate surface area is 116 Å². The van der Waals surface area contributed by atoms with Crippen LogP contribution in [-0.4, -0.2) is 36.5 Å². The van der Waals surface area contributed by atoms with Crippen LogP contribution in [0.3, 0.4) is 0 Å². The predicted octanol–water partition coefficient (Wildman–Crippen LogP) is 2.02. The van der Waals surface area contributed by atoms with Crippen LogP contribution in [-0.2, 0) is 4.79 Å². The van der Waals surface area contributed by atoms with E-state index in [1.807, 2.05) is 0 Å². The predicted molar refractivity (Wildman–Crippen MR) is 74.6 cm³/mol. The molecule has 19 heavy (non-hydrogen) atoms. The first kappa shape index (κ1) is 12.2. The molecule has 106 valence electrons. The van der Waals surface area contributed by atoms with Gasteiger partial charge < -0.3 is 10.2 Å². The van der Waals surface area contributed by atoms with E-state index in [2.05, 4.69) is 10.2 Å². The van der Waals surface area contributed by atoms with Crippen LogP contribution in [0.5, 0.6) is 0 Å². The standard InChI is InChI=1S/C16H26N2O/c19-16(8-14-7-11-3-4-12(14)6-11)18-9-13-2-1-5-17-15(13)10-18/h11-15,17H,1-10H2. The molecule has 0 spiro atoms. The van der Waals surface area contributed by atoms with Gasteiger partial charge in [-0.15, -0.1) is 0 Å². The van der Waals surface area contributed by atoms with Gasteiger partial charge in [0.15, 0.2) is 0 Å². The van der Waals surface area contributed by atoms with Crippen molar-refractivity contribution in [2.75, 3.05) is 19.6 Å². The molecular formula is C16H26N2O. The van der Waals surface area contributed by atoms with E-state index >= 15 is 0 Å². The monoisotopic (exact) mass is 262 g/mol. The van der Waals surface area contributed by atoms with E-state index in [4.69, 9.17) is 0 Å². The van der Waals surface area contributed by atoms with Gasteiger partial charge in [-0.3, -0.25) is 4.79 Å².